The number of rotatable bonds is 6. The molecule has 100 valence electrons. The van der Waals surface area contributed by atoms with E-state index in [0.717, 1.165) is 6.07 Å². The van der Waals surface area contributed by atoms with Gasteiger partial charge in [-0.25, -0.2) is 13.2 Å². The second-order valence-corrected chi connectivity index (χ2v) is 5.95. The predicted molar refractivity (Wildman–Crippen MR) is 65.4 cm³/mol. The molecule has 6 heteroatoms. The molecular weight excluding hydrogens is 259 g/mol. The zero-order valence-electron chi connectivity index (χ0n) is 10.0. The maximum atomic E-state index is 12.0. The van der Waals surface area contributed by atoms with Gasteiger partial charge in [-0.2, -0.15) is 0 Å². The first-order valence-corrected chi connectivity index (χ1v) is 7.22. The summed E-state index contributed by atoms with van der Waals surface area (Å²) < 4.78 is 35.6. The van der Waals surface area contributed by atoms with Crippen LogP contribution in [0.5, 0.6) is 0 Å². The van der Waals surface area contributed by atoms with E-state index in [0.29, 0.717) is 12.0 Å². The van der Waals surface area contributed by atoms with Crippen molar-refractivity contribution in [2.75, 3.05) is 12.4 Å². The maximum Gasteiger partial charge on any atom is 0.336 e. The number of carbonyl (C=O) groups is 1. The van der Waals surface area contributed by atoms with E-state index in [9.17, 15) is 17.6 Å². The first-order chi connectivity index (χ1) is 8.42. The summed E-state index contributed by atoms with van der Waals surface area (Å²) >= 11 is 0. The lowest BCUT2D eigenvalue weighted by Gasteiger charge is -2.07. The van der Waals surface area contributed by atoms with Gasteiger partial charge in [-0.15, -0.1) is 0 Å². The third-order valence-corrected chi connectivity index (χ3v) is 4.40. The van der Waals surface area contributed by atoms with Crippen molar-refractivity contribution in [1.29, 1.82) is 0 Å². The molecule has 18 heavy (non-hydrogen) atoms. The average Bonchev–Trinajstić information content (AvgIpc) is 2.35. The number of aryl methyl sites for hydroxylation is 1. The highest BCUT2D eigenvalue weighted by molar-refractivity contribution is 7.91. The van der Waals surface area contributed by atoms with Crippen molar-refractivity contribution < 1.29 is 22.7 Å². The Morgan fingerprint density at radius 2 is 2.06 bits per heavy atom. The third kappa shape index (κ3) is 3.29. The van der Waals surface area contributed by atoms with Crippen molar-refractivity contribution in [3.8, 4) is 0 Å². The number of halogens is 1. The van der Waals surface area contributed by atoms with Gasteiger partial charge in [0.2, 0.25) is 0 Å². The van der Waals surface area contributed by atoms with Crippen molar-refractivity contribution in [1.82, 2.24) is 0 Å². The van der Waals surface area contributed by atoms with Gasteiger partial charge in [-0.05, 0) is 30.5 Å². The van der Waals surface area contributed by atoms with Crippen LogP contribution in [0.25, 0.3) is 0 Å². The van der Waals surface area contributed by atoms with Crippen molar-refractivity contribution >= 4 is 15.8 Å². The van der Waals surface area contributed by atoms with Crippen LogP contribution in [0.15, 0.2) is 23.1 Å². The zero-order valence-corrected chi connectivity index (χ0v) is 10.8. The minimum atomic E-state index is -3.61. The molecule has 4 nitrogen and oxygen atoms in total. The molecule has 0 aliphatic heterocycles. The van der Waals surface area contributed by atoms with Crippen LogP contribution in [0.1, 0.15) is 29.3 Å². The van der Waals surface area contributed by atoms with E-state index in [-0.39, 0.29) is 22.6 Å². The van der Waals surface area contributed by atoms with Crippen LogP contribution in [0.4, 0.5) is 4.39 Å². The summed E-state index contributed by atoms with van der Waals surface area (Å²) in [5, 5.41) is 9.01. The van der Waals surface area contributed by atoms with E-state index in [2.05, 4.69) is 0 Å². The monoisotopic (exact) mass is 274 g/mol. The third-order valence-electron chi connectivity index (χ3n) is 2.60. The minimum absolute atomic E-state index is 0.0150. The van der Waals surface area contributed by atoms with Crippen LogP contribution in [0.2, 0.25) is 0 Å². The fraction of sp³-hybridized carbons (Fsp3) is 0.417. The van der Waals surface area contributed by atoms with E-state index < -0.39 is 22.5 Å². The molecule has 0 fully saturated rings. The van der Waals surface area contributed by atoms with Gasteiger partial charge < -0.3 is 5.11 Å². The van der Waals surface area contributed by atoms with Gasteiger partial charge in [0, 0.05) is 0 Å². The highest BCUT2D eigenvalue weighted by Gasteiger charge is 2.18. The number of hydrogen-bond donors (Lipinski definition) is 1. The number of carboxylic acids is 1. The largest absolute Gasteiger partial charge is 0.478 e. The molecule has 0 bridgehead atoms. The molecule has 0 radical (unpaired) electrons. The summed E-state index contributed by atoms with van der Waals surface area (Å²) in [4.78, 5) is 11.0. The second-order valence-electron chi connectivity index (χ2n) is 3.84. The highest BCUT2D eigenvalue weighted by atomic mass is 32.2. The quantitative estimate of drug-likeness (QED) is 0.862. The zero-order chi connectivity index (χ0) is 13.8. The summed E-state index contributed by atoms with van der Waals surface area (Å²) in [6.45, 7) is 1.08. The number of sulfone groups is 1. The number of alkyl halides is 1. The molecule has 1 aromatic carbocycles. The summed E-state index contributed by atoms with van der Waals surface area (Å²) in [5.74, 6) is -1.47. The molecule has 0 saturated heterocycles. The van der Waals surface area contributed by atoms with Crippen LogP contribution in [-0.4, -0.2) is 31.9 Å². The minimum Gasteiger partial charge on any atom is -0.478 e. The SMILES string of the molecule is CCc1ccc(S(=O)(=O)CCCF)cc1C(=O)O. The number of aromatic carboxylic acids is 1. The van der Waals surface area contributed by atoms with Crippen LogP contribution >= 0.6 is 0 Å². The molecule has 0 heterocycles. The summed E-state index contributed by atoms with van der Waals surface area (Å²) in [6.07, 6.45) is 0.423. The Hall–Kier alpha value is -1.43. The van der Waals surface area contributed by atoms with E-state index in [4.69, 9.17) is 5.11 Å². The Balaban J connectivity index is 3.20. The maximum absolute atomic E-state index is 12.0. The molecule has 0 aliphatic carbocycles. The Kier molecular flexibility index (Phi) is 4.84. The van der Waals surface area contributed by atoms with Gasteiger partial charge in [0.1, 0.15) is 0 Å². The standard InChI is InChI=1S/C12H15FO4S/c1-2-9-4-5-10(8-11(9)12(14)15)18(16,17)7-3-6-13/h4-5,8H,2-3,6-7H2,1H3,(H,14,15). The molecule has 0 aliphatic rings. The Morgan fingerprint density at radius 1 is 1.39 bits per heavy atom. The molecule has 0 atom stereocenters. The fourth-order valence-corrected chi connectivity index (χ4v) is 2.92. The van der Waals surface area contributed by atoms with Gasteiger partial charge in [0.25, 0.3) is 0 Å². The van der Waals surface area contributed by atoms with Crippen LogP contribution in [-0.2, 0) is 16.3 Å². The molecule has 0 unspecified atom stereocenters. The molecule has 0 amide bonds. The molecule has 0 aromatic heterocycles. The lowest BCUT2D eigenvalue weighted by atomic mass is 10.1. The lowest BCUT2D eigenvalue weighted by Crippen LogP contribution is -2.10. The van der Waals surface area contributed by atoms with Crippen LogP contribution < -0.4 is 0 Å². The average molecular weight is 274 g/mol. The molecular formula is C12H15FO4S. The van der Waals surface area contributed by atoms with Crippen molar-refractivity contribution in [3.05, 3.63) is 29.3 Å². The van der Waals surface area contributed by atoms with Crippen molar-refractivity contribution in [3.63, 3.8) is 0 Å². The van der Waals surface area contributed by atoms with E-state index in [1.807, 2.05) is 0 Å². The fourth-order valence-electron chi connectivity index (χ4n) is 1.62. The topological polar surface area (TPSA) is 71.4 Å². The van der Waals surface area contributed by atoms with Gasteiger partial charge in [0.15, 0.2) is 9.84 Å². The van der Waals surface area contributed by atoms with Gasteiger partial charge >= 0.3 is 5.97 Å². The summed E-state index contributed by atoms with van der Waals surface area (Å²) in [6, 6.07) is 4.01. The number of hydrogen-bond acceptors (Lipinski definition) is 3. The smallest absolute Gasteiger partial charge is 0.336 e. The molecule has 0 saturated carbocycles. The summed E-state index contributed by atoms with van der Waals surface area (Å²) in [7, 11) is -3.61. The number of benzene rings is 1. The molecule has 1 N–H and O–H groups in total. The molecule has 1 rings (SSSR count). The lowest BCUT2D eigenvalue weighted by molar-refractivity contribution is 0.0695. The predicted octanol–water partition coefficient (Wildman–Crippen LogP) is 2.08. The Bertz CT molecular complexity index is 537. The van der Waals surface area contributed by atoms with Crippen LogP contribution in [0.3, 0.4) is 0 Å². The Labute approximate surface area is 105 Å². The molecule has 0 spiro atoms. The van der Waals surface area contributed by atoms with Gasteiger partial charge in [0.05, 0.1) is 22.9 Å². The van der Waals surface area contributed by atoms with Gasteiger partial charge in [-0.3, -0.25) is 4.39 Å². The van der Waals surface area contributed by atoms with E-state index in [1.165, 1.54) is 12.1 Å². The van der Waals surface area contributed by atoms with E-state index in [1.54, 1.807) is 6.92 Å². The Morgan fingerprint density at radius 3 is 2.56 bits per heavy atom. The van der Waals surface area contributed by atoms with E-state index >= 15 is 0 Å². The summed E-state index contributed by atoms with van der Waals surface area (Å²) in [5.41, 5.74) is 0.561. The first kappa shape index (κ1) is 14.6. The second kappa shape index (κ2) is 5.95. The van der Waals surface area contributed by atoms with Crippen molar-refractivity contribution in [2.45, 2.75) is 24.7 Å². The van der Waals surface area contributed by atoms with Gasteiger partial charge in [-0.1, -0.05) is 13.0 Å². The highest BCUT2D eigenvalue weighted by Crippen LogP contribution is 2.18. The van der Waals surface area contributed by atoms with Crippen LogP contribution in [0, 0.1) is 0 Å². The van der Waals surface area contributed by atoms with Crippen molar-refractivity contribution in [2.24, 2.45) is 0 Å². The molecule has 1 aromatic rings. The number of carboxylic acid groups (broad SMARTS) is 1. The normalized spacial score (nSPS) is 11.4. The first-order valence-electron chi connectivity index (χ1n) is 5.57.